The largest absolute Gasteiger partial charge is 1.00 e. The van der Waals surface area contributed by atoms with Gasteiger partial charge in [0.15, 0.2) is 0 Å². The van der Waals surface area contributed by atoms with Gasteiger partial charge in [-0.2, -0.15) is 0 Å². The second-order valence-electron chi connectivity index (χ2n) is 6.30. The molecule has 1 saturated heterocycles. The molecule has 0 radical (unpaired) electrons. The molecule has 1 aromatic carbocycles. The second kappa shape index (κ2) is 7.92. The van der Waals surface area contributed by atoms with Crippen molar-refractivity contribution < 1.29 is 54.2 Å². The van der Waals surface area contributed by atoms with Gasteiger partial charge in [0.05, 0.1) is 29.7 Å². The van der Waals surface area contributed by atoms with Crippen LogP contribution < -0.4 is 40.0 Å². The zero-order valence-corrected chi connectivity index (χ0v) is 17.0. The first kappa shape index (κ1) is 20.6. The van der Waals surface area contributed by atoms with Crippen LogP contribution in [0.4, 0.5) is 0 Å². The maximum absolute atomic E-state index is 12.2. The Morgan fingerprint density at radius 2 is 1.96 bits per heavy atom. The Morgan fingerprint density at radius 3 is 2.46 bits per heavy atom. The van der Waals surface area contributed by atoms with E-state index in [0.717, 1.165) is 0 Å². The Kier molecular flexibility index (Phi) is 6.29. The number of benzene rings is 1. The van der Waals surface area contributed by atoms with Gasteiger partial charge in [-0.3, -0.25) is 9.59 Å². The molecule has 0 saturated carbocycles. The fourth-order valence-corrected chi connectivity index (χ4v) is 3.60. The topological polar surface area (TPSA) is 110 Å². The second-order valence-corrected chi connectivity index (χ2v) is 6.30. The number of fused-ring (bicyclic) bond motifs is 1. The number of carboxylic acids is 1. The van der Waals surface area contributed by atoms with Crippen molar-refractivity contribution in [2.45, 2.75) is 32.4 Å². The van der Waals surface area contributed by atoms with Crippen molar-refractivity contribution in [2.24, 2.45) is 5.92 Å². The van der Waals surface area contributed by atoms with Gasteiger partial charge >= 0.3 is 29.6 Å². The molecule has 7 nitrogen and oxygen atoms in total. The van der Waals surface area contributed by atoms with E-state index in [4.69, 9.17) is 0 Å². The van der Waals surface area contributed by atoms with Gasteiger partial charge in [-0.05, 0) is 43.5 Å². The predicted octanol–water partition coefficient (Wildman–Crippen LogP) is -3.49. The van der Waals surface area contributed by atoms with Gasteiger partial charge in [-0.25, -0.2) is 0 Å². The number of amides is 2. The van der Waals surface area contributed by atoms with Crippen LogP contribution in [0.5, 0.6) is 0 Å². The Balaban J connectivity index is 0.00000243. The molecule has 1 aromatic rings. The first-order chi connectivity index (χ1) is 11.9. The molecule has 0 unspecified atom stereocenters. The van der Waals surface area contributed by atoms with E-state index in [9.17, 15) is 24.6 Å². The zero-order valence-electron chi connectivity index (χ0n) is 15.0. The third-order valence-corrected chi connectivity index (χ3v) is 4.75. The molecule has 2 amide bonds. The summed E-state index contributed by atoms with van der Waals surface area (Å²) in [7, 11) is 0. The van der Waals surface area contributed by atoms with E-state index in [1.165, 1.54) is 11.8 Å². The predicted molar refractivity (Wildman–Crippen MR) is 86.8 cm³/mol. The number of aliphatic hydroxyl groups is 1. The molecule has 0 aromatic heterocycles. The quantitative estimate of drug-likeness (QED) is 0.415. The van der Waals surface area contributed by atoms with Gasteiger partial charge in [-0.15, -0.1) is 0 Å². The van der Waals surface area contributed by atoms with Crippen LogP contribution in [0, 0.1) is 5.92 Å². The van der Waals surface area contributed by atoms with Crippen LogP contribution in [0.25, 0.3) is 5.57 Å². The molecular formula is C18H19N2NaO5. The zero-order chi connectivity index (χ0) is 18.3. The standard InChI is InChI=1S/C18H20N2O5.Na/c1-3-19-16(22)11-6-4-10(5-7-11)12-8-13-14(9(2)21)17(23)20(13)15(12)18(24)25;/h4-7,9,13-14,21H,3,8H2,1-2H3,(H,19,22)(H,24,25);/q;+1/p-1/t9-,13-,14-;/m1./s1. The van der Waals surface area contributed by atoms with Crippen LogP contribution in [0.2, 0.25) is 0 Å². The molecule has 132 valence electrons. The minimum Gasteiger partial charge on any atom is -0.543 e. The van der Waals surface area contributed by atoms with Crippen LogP contribution >= 0.6 is 0 Å². The number of β-lactam (4-membered cyclic amide) rings is 1. The summed E-state index contributed by atoms with van der Waals surface area (Å²) in [6.45, 7) is 3.86. The van der Waals surface area contributed by atoms with Crippen LogP contribution in [0.15, 0.2) is 30.0 Å². The monoisotopic (exact) mass is 366 g/mol. The van der Waals surface area contributed by atoms with Crippen LogP contribution in [0.1, 0.15) is 36.2 Å². The normalized spacial score (nSPS) is 22.3. The van der Waals surface area contributed by atoms with Gasteiger partial charge in [0.1, 0.15) is 0 Å². The molecule has 2 N–H and O–H groups in total. The van der Waals surface area contributed by atoms with E-state index in [-0.39, 0.29) is 47.2 Å². The van der Waals surface area contributed by atoms with Crippen molar-refractivity contribution in [3.8, 4) is 0 Å². The number of nitrogens with one attached hydrogen (secondary N) is 1. The number of carbonyl (C=O) groups is 3. The summed E-state index contributed by atoms with van der Waals surface area (Å²) >= 11 is 0. The Labute approximate surface area is 173 Å². The van der Waals surface area contributed by atoms with Crippen molar-refractivity contribution in [1.29, 1.82) is 0 Å². The summed E-state index contributed by atoms with van der Waals surface area (Å²) in [5.74, 6) is -2.61. The number of aliphatic hydroxyl groups excluding tert-OH is 1. The maximum atomic E-state index is 12.2. The van der Waals surface area contributed by atoms with Crippen LogP contribution in [-0.4, -0.2) is 46.5 Å². The van der Waals surface area contributed by atoms with Crippen LogP contribution in [0.3, 0.4) is 0 Å². The van der Waals surface area contributed by atoms with E-state index < -0.39 is 23.9 Å². The first-order valence-electron chi connectivity index (χ1n) is 8.21. The van der Waals surface area contributed by atoms with Crippen LogP contribution in [-0.2, 0) is 9.59 Å². The molecule has 0 bridgehead atoms. The summed E-state index contributed by atoms with van der Waals surface area (Å²) in [5, 5.41) is 24.0. The molecule has 1 fully saturated rings. The van der Waals surface area contributed by atoms with E-state index >= 15 is 0 Å². The summed E-state index contributed by atoms with van der Waals surface area (Å²) < 4.78 is 0. The molecule has 26 heavy (non-hydrogen) atoms. The smallest absolute Gasteiger partial charge is 0.543 e. The fourth-order valence-electron chi connectivity index (χ4n) is 3.60. The van der Waals surface area contributed by atoms with Crippen molar-refractivity contribution in [3.63, 3.8) is 0 Å². The number of aliphatic carboxylic acids is 1. The molecular weight excluding hydrogens is 347 g/mol. The molecule has 3 atom stereocenters. The number of rotatable bonds is 5. The number of carboxylic acid groups (broad SMARTS) is 1. The average Bonchev–Trinajstić information content (AvgIpc) is 2.90. The fraction of sp³-hybridized carbons (Fsp3) is 0.389. The summed E-state index contributed by atoms with van der Waals surface area (Å²) in [4.78, 5) is 36.8. The Hall–Kier alpha value is -1.67. The number of hydrogen-bond acceptors (Lipinski definition) is 5. The number of nitrogens with zero attached hydrogens (tertiary/aromatic N) is 1. The van der Waals surface area contributed by atoms with Gasteiger partial charge in [0, 0.05) is 12.1 Å². The molecule has 3 rings (SSSR count). The maximum Gasteiger partial charge on any atom is 1.00 e. The van der Waals surface area contributed by atoms with Crippen molar-refractivity contribution >= 4 is 23.4 Å². The van der Waals surface area contributed by atoms with Gasteiger partial charge in [-0.1, -0.05) is 12.1 Å². The molecule has 2 heterocycles. The van der Waals surface area contributed by atoms with E-state index in [1.54, 1.807) is 24.3 Å². The molecule has 2 aliphatic heterocycles. The summed E-state index contributed by atoms with van der Waals surface area (Å²) in [5.41, 5.74) is 1.45. The van der Waals surface area contributed by atoms with E-state index in [2.05, 4.69) is 5.32 Å². The van der Waals surface area contributed by atoms with E-state index in [1.807, 2.05) is 6.92 Å². The van der Waals surface area contributed by atoms with Gasteiger partial charge in [0.25, 0.3) is 5.91 Å². The Morgan fingerprint density at radius 1 is 1.35 bits per heavy atom. The third kappa shape index (κ3) is 3.32. The number of carbonyl (C=O) groups excluding carboxylic acids is 3. The SMILES string of the molecule is CCNC(=O)c1ccc(C2=C(C(=O)[O-])N3C(=O)[C@H]([C@@H](C)O)[C@H]3C2)cc1.[Na+]. The number of hydrogen-bond donors (Lipinski definition) is 2. The minimum atomic E-state index is -1.41. The Bertz CT molecular complexity index is 772. The molecule has 8 heteroatoms. The van der Waals surface area contributed by atoms with Gasteiger partial charge in [0.2, 0.25) is 5.91 Å². The van der Waals surface area contributed by atoms with Crippen molar-refractivity contribution in [1.82, 2.24) is 10.2 Å². The van der Waals surface area contributed by atoms with Crippen molar-refractivity contribution in [3.05, 3.63) is 41.1 Å². The van der Waals surface area contributed by atoms with E-state index in [0.29, 0.717) is 29.7 Å². The summed E-state index contributed by atoms with van der Waals surface area (Å²) in [6, 6.07) is 6.19. The average molecular weight is 366 g/mol. The van der Waals surface area contributed by atoms with Crippen molar-refractivity contribution in [2.75, 3.05) is 6.54 Å². The molecule has 0 aliphatic carbocycles. The first-order valence-corrected chi connectivity index (χ1v) is 8.21. The molecule has 2 aliphatic rings. The summed E-state index contributed by atoms with van der Waals surface area (Å²) in [6.07, 6.45) is -0.498. The molecule has 0 spiro atoms. The minimum absolute atomic E-state index is 0. The van der Waals surface area contributed by atoms with Gasteiger partial charge < -0.3 is 25.2 Å². The third-order valence-electron chi connectivity index (χ3n) is 4.75.